The Bertz CT molecular complexity index is 1500. The third kappa shape index (κ3) is 9.03. The number of likely N-dealkylation sites (N-methyl/N-ethyl adjacent to an activating group) is 1. The third-order valence-electron chi connectivity index (χ3n) is 8.73. The number of nitrogens with zero attached hydrogens (tertiary/aromatic N) is 2. The normalized spacial score (nSPS) is 21.0. The van der Waals surface area contributed by atoms with Crippen LogP contribution in [0.5, 0.6) is 17.2 Å². The van der Waals surface area contributed by atoms with Crippen LogP contribution in [0.1, 0.15) is 66.3 Å². The molecule has 0 saturated heterocycles. The summed E-state index contributed by atoms with van der Waals surface area (Å²) in [5.41, 5.74) is 2.45. The van der Waals surface area contributed by atoms with Gasteiger partial charge in [0.25, 0.3) is 11.8 Å². The Morgan fingerprint density at radius 1 is 1.02 bits per heavy atom. The second-order valence-corrected chi connectivity index (χ2v) is 12.7. The first-order valence-electron chi connectivity index (χ1n) is 16.5. The van der Waals surface area contributed by atoms with Crippen molar-refractivity contribution in [3.05, 3.63) is 83.4 Å². The van der Waals surface area contributed by atoms with Gasteiger partial charge < -0.3 is 34.3 Å². The van der Waals surface area contributed by atoms with Crippen molar-refractivity contribution >= 4 is 17.5 Å². The van der Waals surface area contributed by atoms with Crippen LogP contribution in [0.2, 0.25) is 0 Å². The van der Waals surface area contributed by atoms with E-state index in [1.807, 2.05) is 38.1 Å². The van der Waals surface area contributed by atoms with Gasteiger partial charge in [-0.2, -0.15) is 0 Å². The van der Waals surface area contributed by atoms with Crippen LogP contribution in [-0.2, 0) is 11.3 Å². The predicted octanol–water partition coefficient (Wildman–Crippen LogP) is 5.60. The Hall–Kier alpha value is -4.12. The van der Waals surface area contributed by atoms with Crippen LogP contribution in [0.25, 0.3) is 0 Å². The fourth-order valence-corrected chi connectivity index (χ4v) is 5.98. The van der Waals surface area contributed by atoms with Crippen molar-refractivity contribution < 1.29 is 33.6 Å². The molecule has 0 saturated carbocycles. The van der Waals surface area contributed by atoms with E-state index < -0.39 is 6.04 Å². The van der Waals surface area contributed by atoms with E-state index in [0.29, 0.717) is 48.8 Å². The van der Waals surface area contributed by atoms with Crippen molar-refractivity contribution in [2.75, 3.05) is 45.5 Å². The molecule has 0 bridgehead atoms. The molecule has 0 unspecified atom stereocenters. The number of nitrogens with one attached hydrogen (secondary N) is 1. The van der Waals surface area contributed by atoms with Crippen molar-refractivity contribution in [3.63, 3.8) is 0 Å². The van der Waals surface area contributed by atoms with Gasteiger partial charge in [-0.25, -0.2) is 0 Å². The quantitative estimate of drug-likeness (QED) is 0.326. The Balaban J connectivity index is 1.38. The summed E-state index contributed by atoms with van der Waals surface area (Å²) in [7, 11) is 2.06. The molecule has 0 aliphatic carbocycles. The number of hydrogen-bond acceptors (Lipinski definition) is 8. The van der Waals surface area contributed by atoms with Gasteiger partial charge in [-0.05, 0) is 88.2 Å². The van der Waals surface area contributed by atoms with E-state index in [-0.39, 0.29) is 43.3 Å². The molecule has 2 heterocycles. The van der Waals surface area contributed by atoms with Crippen LogP contribution in [-0.4, -0.2) is 85.1 Å². The molecule has 0 spiro atoms. The van der Waals surface area contributed by atoms with Gasteiger partial charge in [0.05, 0.1) is 30.4 Å². The lowest BCUT2D eigenvalue weighted by atomic mass is 10.0. The van der Waals surface area contributed by atoms with Crippen LogP contribution < -0.4 is 19.5 Å². The molecule has 0 radical (unpaired) electrons. The van der Waals surface area contributed by atoms with Gasteiger partial charge in [-0.1, -0.05) is 31.2 Å². The zero-order valence-electron chi connectivity index (χ0n) is 27.8. The number of carbonyl (C=O) groups is 2. The van der Waals surface area contributed by atoms with Crippen molar-refractivity contribution in [1.29, 1.82) is 0 Å². The molecule has 2 amide bonds. The van der Waals surface area contributed by atoms with Crippen LogP contribution in [0.3, 0.4) is 0 Å². The van der Waals surface area contributed by atoms with Crippen LogP contribution in [0.15, 0.2) is 66.7 Å². The first-order valence-corrected chi connectivity index (χ1v) is 16.5. The molecule has 3 aromatic rings. The zero-order valence-corrected chi connectivity index (χ0v) is 27.8. The van der Waals surface area contributed by atoms with Crippen LogP contribution in [0.4, 0.5) is 5.69 Å². The molecule has 0 fully saturated rings. The molecule has 10 nitrogen and oxygen atoms in total. The monoisotopic (exact) mass is 645 g/mol. The SMILES string of the molecule is C[C@@H]1CCCCO[C@H](CN(C)Cc2ccc3c(c2)OCO3)[C@H](C)CN([C@H](C)CO)C(=O)c2cc(NC(=O)c3ccccc3)ccc2O1. The number of fused-ring (bicyclic) bond motifs is 2. The van der Waals surface area contributed by atoms with Gasteiger partial charge in [0.2, 0.25) is 6.79 Å². The fourth-order valence-electron chi connectivity index (χ4n) is 5.98. The summed E-state index contributed by atoms with van der Waals surface area (Å²) in [4.78, 5) is 31.2. The highest BCUT2D eigenvalue weighted by Crippen LogP contribution is 2.33. The largest absolute Gasteiger partial charge is 0.490 e. The second kappa shape index (κ2) is 16.1. The maximum absolute atomic E-state index is 14.4. The molecule has 4 atom stereocenters. The summed E-state index contributed by atoms with van der Waals surface area (Å²) in [6.07, 6.45) is 2.29. The van der Waals surface area contributed by atoms with E-state index in [9.17, 15) is 14.7 Å². The number of amides is 2. The molecule has 2 aliphatic heterocycles. The number of aliphatic hydroxyl groups is 1. The highest BCUT2D eigenvalue weighted by Gasteiger charge is 2.30. The number of aliphatic hydroxyl groups excluding tert-OH is 1. The molecule has 47 heavy (non-hydrogen) atoms. The number of carbonyl (C=O) groups excluding carboxylic acids is 2. The van der Waals surface area contributed by atoms with Crippen molar-refractivity contribution in [3.8, 4) is 17.2 Å². The Labute approximate surface area is 277 Å². The molecule has 252 valence electrons. The molecule has 5 rings (SSSR count). The number of ether oxygens (including phenoxy) is 4. The lowest BCUT2D eigenvalue weighted by Crippen LogP contribution is -2.47. The highest BCUT2D eigenvalue weighted by atomic mass is 16.7. The number of hydrogen-bond donors (Lipinski definition) is 2. The molecule has 10 heteroatoms. The standard InChI is InChI=1S/C37H47N3O7/c1-25-20-40(26(2)23-41)37(43)31-19-30(38-36(42)29-11-6-5-7-12-29)14-16-32(31)47-27(3)10-8-9-17-44-35(25)22-39(4)21-28-13-15-33-34(18-28)46-24-45-33/h5-7,11-16,18-19,25-27,35,41H,8-10,17,20-24H2,1-4H3,(H,38,42)/t25-,26-,27-,35-/m1/s1. The van der Waals surface area contributed by atoms with Crippen molar-refractivity contribution in [1.82, 2.24) is 9.80 Å². The van der Waals surface area contributed by atoms with Gasteiger partial charge in [-0.15, -0.1) is 0 Å². The van der Waals surface area contributed by atoms with E-state index >= 15 is 0 Å². The molecular formula is C37H47N3O7. The summed E-state index contributed by atoms with van der Waals surface area (Å²) in [5.74, 6) is 1.37. The second-order valence-electron chi connectivity index (χ2n) is 12.7. The van der Waals surface area contributed by atoms with Gasteiger partial charge in [-0.3, -0.25) is 14.5 Å². The van der Waals surface area contributed by atoms with E-state index in [2.05, 4.69) is 24.2 Å². The molecule has 2 aliphatic rings. The first-order chi connectivity index (χ1) is 22.7. The zero-order chi connectivity index (χ0) is 33.3. The van der Waals surface area contributed by atoms with Gasteiger partial charge >= 0.3 is 0 Å². The number of benzene rings is 3. The highest BCUT2D eigenvalue weighted by molar-refractivity contribution is 6.05. The average molecular weight is 646 g/mol. The first kappa shape index (κ1) is 34.2. The topological polar surface area (TPSA) is 110 Å². The summed E-state index contributed by atoms with van der Waals surface area (Å²) >= 11 is 0. The van der Waals surface area contributed by atoms with Crippen molar-refractivity contribution in [2.24, 2.45) is 5.92 Å². The lowest BCUT2D eigenvalue weighted by Gasteiger charge is -2.36. The summed E-state index contributed by atoms with van der Waals surface area (Å²) in [5, 5.41) is 13.2. The van der Waals surface area contributed by atoms with Gasteiger partial charge in [0.1, 0.15) is 5.75 Å². The number of rotatable bonds is 8. The predicted molar refractivity (Wildman–Crippen MR) is 180 cm³/mol. The smallest absolute Gasteiger partial charge is 0.258 e. The van der Waals surface area contributed by atoms with E-state index in [1.165, 1.54) is 0 Å². The summed E-state index contributed by atoms with van der Waals surface area (Å²) in [6.45, 7) is 8.26. The lowest BCUT2D eigenvalue weighted by molar-refractivity contribution is -0.0177. The van der Waals surface area contributed by atoms with Crippen LogP contribution in [0, 0.1) is 5.92 Å². The summed E-state index contributed by atoms with van der Waals surface area (Å²) < 4.78 is 23.9. The molecule has 2 N–H and O–H groups in total. The number of anilines is 1. The average Bonchev–Trinajstić information content (AvgIpc) is 3.54. The van der Waals surface area contributed by atoms with Gasteiger partial charge in [0.15, 0.2) is 11.5 Å². The Morgan fingerprint density at radius 2 is 1.79 bits per heavy atom. The maximum Gasteiger partial charge on any atom is 0.258 e. The van der Waals surface area contributed by atoms with Crippen LogP contribution >= 0.6 is 0 Å². The Morgan fingerprint density at radius 3 is 2.57 bits per heavy atom. The molecule has 3 aromatic carbocycles. The summed E-state index contributed by atoms with van der Waals surface area (Å²) in [6, 6.07) is 19.6. The Kier molecular flexibility index (Phi) is 11.7. The minimum Gasteiger partial charge on any atom is -0.490 e. The fraction of sp³-hybridized carbons (Fsp3) is 0.459. The minimum atomic E-state index is -0.460. The molecular weight excluding hydrogens is 598 g/mol. The minimum absolute atomic E-state index is 0.0562. The van der Waals surface area contributed by atoms with Crippen molar-refractivity contribution in [2.45, 2.75) is 64.8 Å². The van der Waals surface area contributed by atoms with E-state index in [1.54, 1.807) is 47.4 Å². The van der Waals surface area contributed by atoms with Gasteiger partial charge in [0, 0.05) is 43.4 Å². The third-order valence-corrected chi connectivity index (χ3v) is 8.73. The maximum atomic E-state index is 14.4. The van der Waals surface area contributed by atoms with E-state index in [0.717, 1.165) is 36.3 Å². The van der Waals surface area contributed by atoms with E-state index in [4.69, 9.17) is 18.9 Å². The molecule has 0 aromatic heterocycles.